The number of carbonyl (C=O) groups excluding carboxylic acids is 1. The molecule has 1 aliphatic rings. The number of nitrogens with zero attached hydrogens (tertiary/aromatic N) is 1. The second-order valence-corrected chi connectivity index (χ2v) is 6.30. The topological polar surface area (TPSA) is 55.6 Å². The standard InChI is InChI=1S/C20H24N2O2/c1-24-19-9-3-6-16(14-19)15-5-2-7-17(13-15)20(23)22-11-4-8-18(21)10-12-22/h2-3,5-7,9,13-14,18H,4,8,10-12,21H2,1H3/t18-/m1/s1. The molecule has 1 aliphatic heterocycles. The fraction of sp³-hybridized carbons (Fsp3) is 0.350. The molecule has 4 nitrogen and oxygen atoms in total. The third-order valence-electron chi connectivity index (χ3n) is 4.57. The van der Waals surface area contributed by atoms with Gasteiger partial charge in [0.1, 0.15) is 5.75 Å². The second kappa shape index (κ2) is 7.49. The summed E-state index contributed by atoms with van der Waals surface area (Å²) in [5, 5.41) is 0. The molecule has 0 spiro atoms. The quantitative estimate of drug-likeness (QED) is 0.942. The summed E-state index contributed by atoms with van der Waals surface area (Å²) in [6.07, 6.45) is 2.84. The number of likely N-dealkylation sites (tertiary alicyclic amines) is 1. The molecule has 2 aromatic rings. The molecule has 4 heteroatoms. The van der Waals surface area contributed by atoms with Crippen molar-refractivity contribution in [3.8, 4) is 16.9 Å². The lowest BCUT2D eigenvalue weighted by molar-refractivity contribution is 0.0761. The molecular formula is C20H24N2O2. The smallest absolute Gasteiger partial charge is 0.253 e. The maximum atomic E-state index is 12.8. The Morgan fingerprint density at radius 3 is 2.62 bits per heavy atom. The lowest BCUT2D eigenvalue weighted by Crippen LogP contribution is -2.32. The van der Waals surface area contributed by atoms with Crippen LogP contribution in [0.1, 0.15) is 29.6 Å². The van der Waals surface area contributed by atoms with Crippen LogP contribution in [0.4, 0.5) is 0 Å². The lowest BCUT2D eigenvalue weighted by Gasteiger charge is -2.20. The number of amides is 1. The summed E-state index contributed by atoms with van der Waals surface area (Å²) in [6, 6.07) is 15.9. The van der Waals surface area contributed by atoms with Gasteiger partial charge < -0.3 is 15.4 Å². The molecule has 1 heterocycles. The van der Waals surface area contributed by atoms with Crippen molar-refractivity contribution >= 4 is 5.91 Å². The summed E-state index contributed by atoms with van der Waals surface area (Å²) >= 11 is 0. The van der Waals surface area contributed by atoms with Gasteiger partial charge in [0.2, 0.25) is 0 Å². The van der Waals surface area contributed by atoms with E-state index in [0.29, 0.717) is 0 Å². The summed E-state index contributed by atoms with van der Waals surface area (Å²) < 4.78 is 5.29. The number of rotatable bonds is 3. The Balaban J connectivity index is 1.83. The first-order valence-corrected chi connectivity index (χ1v) is 8.47. The first-order valence-electron chi connectivity index (χ1n) is 8.47. The van der Waals surface area contributed by atoms with Crippen LogP contribution in [0.3, 0.4) is 0 Å². The molecule has 2 N–H and O–H groups in total. The molecule has 3 rings (SSSR count). The van der Waals surface area contributed by atoms with E-state index in [0.717, 1.165) is 54.8 Å². The van der Waals surface area contributed by atoms with Gasteiger partial charge in [0.15, 0.2) is 0 Å². The molecule has 126 valence electrons. The highest BCUT2D eigenvalue weighted by atomic mass is 16.5. The Morgan fingerprint density at radius 2 is 1.83 bits per heavy atom. The highest BCUT2D eigenvalue weighted by molar-refractivity contribution is 5.95. The molecule has 1 fully saturated rings. The monoisotopic (exact) mass is 324 g/mol. The minimum atomic E-state index is 0.0915. The van der Waals surface area contributed by atoms with E-state index in [1.807, 2.05) is 53.4 Å². The van der Waals surface area contributed by atoms with Gasteiger partial charge >= 0.3 is 0 Å². The Kier molecular flexibility index (Phi) is 5.16. The summed E-state index contributed by atoms with van der Waals surface area (Å²) in [5.74, 6) is 0.902. The van der Waals surface area contributed by atoms with Crippen LogP contribution < -0.4 is 10.5 Å². The van der Waals surface area contributed by atoms with Crippen LogP contribution in [-0.4, -0.2) is 37.0 Å². The van der Waals surface area contributed by atoms with Crippen molar-refractivity contribution in [2.75, 3.05) is 20.2 Å². The minimum Gasteiger partial charge on any atom is -0.497 e. The van der Waals surface area contributed by atoms with Crippen LogP contribution in [0.15, 0.2) is 48.5 Å². The van der Waals surface area contributed by atoms with Gasteiger partial charge in [0.05, 0.1) is 7.11 Å². The number of ether oxygens (including phenoxy) is 1. The van der Waals surface area contributed by atoms with Gasteiger partial charge in [-0.1, -0.05) is 24.3 Å². The third kappa shape index (κ3) is 3.77. The van der Waals surface area contributed by atoms with Crippen LogP contribution in [-0.2, 0) is 0 Å². The van der Waals surface area contributed by atoms with E-state index in [1.54, 1.807) is 7.11 Å². The highest BCUT2D eigenvalue weighted by Crippen LogP contribution is 2.25. The number of hydrogen-bond acceptors (Lipinski definition) is 3. The predicted molar refractivity (Wildman–Crippen MR) is 96.2 cm³/mol. The van der Waals surface area contributed by atoms with Crippen molar-refractivity contribution in [2.24, 2.45) is 5.73 Å². The second-order valence-electron chi connectivity index (χ2n) is 6.30. The van der Waals surface area contributed by atoms with Gasteiger partial charge in [-0.25, -0.2) is 0 Å². The molecule has 0 aromatic heterocycles. The van der Waals surface area contributed by atoms with E-state index < -0.39 is 0 Å². The van der Waals surface area contributed by atoms with Gasteiger partial charge in [0, 0.05) is 24.7 Å². The third-order valence-corrected chi connectivity index (χ3v) is 4.57. The number of benzene rings is 2. The van der Waals surface area contributed by atoms with Gasteiger partial charge in [0.25, 0.3) is 5.91 Å². The SMILES string of the molecule is COc1cccc(-c2cccc(C(=O)N3CCC[C@@H](N)CC3)c2)c1. The first-order chi connectivity index (χ1) is 11.7. The molecule has 2 aromatic carbocycles. The number of nitrogens with two attached hydrogens (primary N) is 1. The molecule has 24 heavy (non-hydrogen) atoms. The van der Waals surface area contributed by atoms with E-state index in [9.17, 15) is 4.79 Å². The average Bonchev–Trinajstić information content (AvgIpc) is 2.86. The zero-order valence-corrected chi connectivity index (χ0v) is 14.1. The molecule has 0 aliphatic carbocycles. The molecule has 1 saturated heterocycles. The van der Waals surface area contributed by atoms with Crippen molar-refractivity contribution < 1.29 is 9.53 Å². The zero-order chi connectivity index (χ0) is 16.9. The zero-order valence-electron chi connectivity index (χ0n) is 14.1. The molecule has 0 unspecified atom stereocenters. The number of carbonyl (C=O) groups is 1. The van der Waals surface area contributed by atoms with Crippen LogP contribution in [0, 0.1) is 0 Å². The molecule has 0 radical (unpaired) electrons. The van der Waals surface area contributed by atoms with Crippen molar-refractivity contribution in [1.29, 1.82) is 0 Å². The van der Waals surface area contributed by atoms with Crippen LogP contribution in [0.5, 0.6) is 5.75 Å². The normalized spacial score (nSPS) is 18.1. The summed E-state index contributed by atoms with van der Waals surface area (Å²) in [5.41, 5.74) is 8.80. The predicted octanol–water partition coefficient (Wildman–Crippen LogP) is 3.32. The molecular weight excluding hydrogens is 300 g/mol. The summed E-state index contributed by atoms with van der Waals surface area (Å²) in [7, 11) is 1.66. The minimum absolute atomic E-state index is 0.0915. The Labute approximate surface area is 143 Å². The number of methoxy groups -OCH3 is 1. The first kappa shape index (κ1) is 16.5. The average molecular weight is 324 g/mol. The van der Waals surface area contributed by atoms with Crippen LogP contribution in [0.25, 0.3) is 11.1 Å². The van der Waals surface area contributed by atoms with Gasteiger partial charge in [-0.2, -0.15) is 0 Å². The van der Waals surface area contributed by atoms with Gasteiger partial charge in [-0.15, -0.1) is 0 Å². The molecule has 1 amide bonds. The fourth-order valence-electron chi connectivity index (χ4n) is 3.14. The molecule has 0 bridgehead atoms. The van der Waals surface area contributed by atoms with E-state index in [2.05, 4.69) is 0 Å². The lowest BCUT2D eigenvalue weighted by atomic mass is 10.0. The van der Waals surface area contributed by atoms with Gasteiger partial charge in [-0.3, -0.25) is 4.79 Å². The van der Waals surface area contributed by atoms with Crippen molar-refractivity contribution in [2.45, 2.75) is 25.3 Å². The van der Waals surface area contributed by atoms with Crippen molar-refractivity contribution in [3.63, 3.8) is 0 Å². The maximum absolute atomic E-state index is 12.8. The Morgan fingerprint density at radius 1 is 1.08 bits per heavy atom. The number of hydrogen-bond donors (Lipinski definition) is 1. The Hall–Kier alpha value is -2.33. The fourth-order valence-corrected chi connectivity index (χ4v) is 3.14. The van der Waals surface area contributed by atoms with Crippen LogP contribution in [0.2, 0.25) is 0 Å². The van der Waals surface area contributed by atoms with E-state index in [4.69, 9.17) is 10.5 Å². The van der Waals surface area contributed by atoms with Gasteiger partial charge in [-0.05, 0) is 54.7 Å². The maximum Gasteiger partial charge on any atom is 0.253 e. The highest BCUT2D eigenvalue weighted by Gasteiger charge is 2.20. The van der Waals surface area contributed by atoms with Crippen molar-refractivity contribution in [3.05, 3.63) is 54.1 Å². The van der Waals surface area contributed by atoms with Crippen LogP contribution >= 0.6 is 0 Å². The van der Waals surface area contributed by atoms with E-state index in [-0.39, 0.29) is 11.9 Å². The largest absolute Gasteiger partial charge is 0.497 e. The van der Waals surface area contributed by atoms with E-state index in [1.165, 1.54) is 0 Å². The van der Waals surface area contributed by atoms with Crippen molar-refractivity contribution in [1.82, 2.24) is 4.90 Å². The molecule has 0 saturated carbocycles. The summed E-state index contributed by atoms with van der Waals surface area (Å²) in [6.45, 7) is 1.53. The Bertz CT molecular complexity index is 714. The van der Waals surface area contributed by atoms with E-state index >= 15 is 0 Å². The summed E-state index contributed by atoms with van der Waals surface area (Å²) in [4.78, 5) is 14.8. The molecule has 1 atom stereocenters.